The van der Waals surface area contributed by atoms with E-state index in [9.17, 15) is 0 Å². The molecule has 4 nitrogen and oxygen atoms in total. The summed E-state index contributed by atoms with van der Waals surface area (Å²) in [6, 6.07) is 0. The van der Waals surface area contributed by atoms with E-state index in [1.807, 2.05) is 0 Å². The zero-order valence-corrected chi connectivity index (χ0v) is 15.5. The Hall–Kier alpha value is -0.355. The van der Waals surface area contributed by atoms with E-state index in [0.29, 0.717) is 19.3 Å². The third kappa shape index (κ3) is 5.06. The Bertz CT molecular complexity index is 390. The first-order valence-electron chi connectivity index (χ1n) is 9.09. The smallest absolute Gasteiger partial charge is 0.400 e. The van der Waals surface area contributed by atoms with Crippen LogP contribution in [0, 0.1) is 0 Å². The fourth-order valence-electron chi connectivity index (χ4n) is 2.81. The van der Waals surface area contributed by atoms with Gasteiger partial charge in [-0.25, -0.2) is 0 Å². The van der Waals surface area contributed by atoms with Gasteiger partial charge in [-0.2, -0.15) is 0 Å². The fraction of sp³-hybridized carbons (Fsp3) is 0.889. The van der Waals surface area contributed by atoms with Crippen LogP contribution < -0.4 is 0 Å². The van der Waals surface area contributed by atoms with Gasteiger partial charge in [-0.3, -0.25) is 0 Å². The van der Waals surface area contributed by atoms with Gasteiger partial charge in [0.1, 0.15) is 0 Å². The van der Waals surface area contributed by atoms with Crippen LogP contribution in [0.3, 0.4) is 0 Å². The number of allylic oxidation sites excluding steroid dienone is 1. The van der Waals surface area contributed by atoms with Crippen LogP contribution in [0.25, 0.3) is 0 Å². The van der Waals surface area contributed by atoms with Crippen molar-refractivity contribution in [3.05, 3.63) is 11.5 Å². The maximum Gasteiger partial charge on any atom is 0.490 e. The molecule has 0 radical (unpaired) electrons. The monoisotopic (exact) mass is 324 g/mol. The molecule has 1 heterocycles. The van der Waals surface area contributed by atoms with Crippen molar-refractivity contribution < 1.29 is 18.8 Å². The second-order valence-electron chi connectivity index (χ2n) is 7.60. The van der Waals surface area contributed by atoms with Crippen molar-refractivity contribution in [3.8, 4) is 0 Å². The SMILES string of the molecule is CCCCOCCOC1CC=C(B2OC(C)(C)C(C)(C)O2)CC1. The number of ether oxygens (including phenoxy) is 2. The summed E-state index contributed by atoms with van der Waals surface area (Å²) in [5.74, 6) is 0. The van der Waals surface area contributed by atoms with Gasteiger partial charge in [0.05, 0.1) is 30.5 Å². The molecule has 0 aromatic carbocycles. The van der Waals surface area contributed by atoms with E-state index >= 15 is 0 Å². The minimum Gasteiger partial charge on any atom is -0.400 e. The molecule has 0 aromatic rings. The Morgan fingerprint density at radius 2 is 1.83 bits per heavy atom. The maximum absolute atomic E-state index is 6.12. The normalized spacial score (nSPS) is 26.4. The van der Waals surface area contributed by atoms with Gasteiger partial charge in [-0.05, 0) is 58.9 Å². The third-order valence-corrected chi connectivity index (χ3v) is 5.18. The summed E-state index contributed by atoms with van der Waals surface area (Å²) in [4.78, 5) is 0. The van der Waals surface area contributed by atoms with E-state index in [2.05, 4.69) is 40.7 Å². The highest BCUT2D eigenvalue weighted by molar-refractivity contribution is 6.54. The van der Waals surface area contributed by atoms with Crippen molar-refractivity contribution >= 4 is 7.12 Å². The predicted octanol–water partition coefficient (Wildman–Crippen LogP) is 3.93. The molecule has 2 aliphatic rings. The standard InChI is InChI=1S/C18H33BO4/c1-6-7-12-20-13-14-21-16-10-8-15(9-11-16)19-22-17(2,3)18(4,5)23-19/h8,16H,6-7,9-14H2,1-5H3. The molecule has 1 aliphatic carbocycles. The van der Waals surface area contributed by atoms with Gasteiger partial charge in [0.2, 0.25) is 0 Å². The fourth-order valence-corrected chi connectivity index (χ4v) is 2.81. The molecule has 1 aliphatic heterocycles. The first-order valence-corrected chi connectivity index (χ1v) is 9.09. The maximum atomic E-state index is 6.12. The zero-order valence-electron chi connectivity index (χ0n) is 15.5. The van der Waals surface area contributed by atoms with E-state index in [-0.39, 0.29) is 18.3 Å². The molecule has 1 atom stereocenters. The molecule has 0 saturated carbocycles. The van der Waals surface area contributed by atoms with Gasteiger partial charge in [-0.15, -0.1) is 0 Å². The number of hydrogen-bond acceptors (Lipinski definition) is 4. The molecule has 0 aromatic heterocycles. The number of rotatable bonds is 8. The molecule has 0 amide bonds. The van der Waals surface area contributed by atoms with Crippen molar-refractivity contribution in [2.45, 2.75) is 84.0 Å². The minimum atomic E-state index is -0.262. The predicted molar refractivity (Wildman–Crippen MR) is 93.5 cm³/mol. The highest BCUT2D eigenvalue weighted by Crippen LogP contribution is 2.40. The molecular formula is C18H33BO4. The van der Waals surface area contributed by atoms with Gasteiger partial charge in [-0.1, -0.05) is 19.4 Å². The molecule has 0 spiro atoms. The molecule has 1 unspecified atom stereocenters. The van der Waals surface area contributed by atoms with Crippen LogP contribution in [0.2, 0.25) is 0 Å². The first kappa shape index (κ1) is 19.0. The van der Waals surface area contributed by atoms with E-state index in [1.54, 1.807) is 0 Å². The lowest BCUT2D eigenvalue weighted by molar-refractivity contribution is 0.000686. The Kier molecular flexibility index (Phi) is 6.72. The molecule has 132 valence electrons. The van der Waals surface area contributed by atoms with Gasteiger partial charge in [0, 0.05) is 6.61 Å². The Labute approximate surface area is 142 Å². The largest absolute Gasteiger partial charge is 0.490 e. The topological polar surface area (TPSA) is 36.9 Å². The number of unbranched alkanes of at least 4 members (excludes halogenated alkanes) is 1. The highest BCUT2D eigenvalue weighted by Gasteiger charge is 2.52. The summed E-state index contributed by atoms with van der Waals surface area (Å²) in [5.41, 5.74) is 0.742. The van der Waals surface area contributed by atoms with E-state index < -0.39 is 0 Å². The summed E-state index contributed by atoms with van der Waals surface area (Å²) in [7, 11) is -0.196. The molecule has 0 bridgehead atoms. The van der Waals surface area contributed by atoms with Crippen LogP contribution in [0.4, 0.5) is 0 Å². The highest BCUT2D eigenvalue weighted by atomic mass is 16.7. The Morgan fingerprint density at radius 3 is 2.39 bits per heavy atom. The minimum absolute atomic E-state index is 0.196. The van der Waals surface area contributed by atoms with Crippen LogP contribution in [0.15, 0.2) is 11.5 Å². The summed E-state index contributed by atoms with van der Waals surface area (Å²) in [6.07, 6.45) is 7.81. The van der Waals surface area contributed by atoms with E-state index in [1.165, 1.54) is 11.9 Å². The van der Waals surface area contributed by atoms with Crippen molar-refractivity contribution in [1.82, 2.24) is 0 Å². The molecule has 5 heteroatoms. The number of hydrogen-bond donors (Lipinski definition) is 0. The Balaban J connectivity index is 1.70. The van der Waals surface area contributed by atoms with Crippen LogP contribution in [0.5, 0.6) is 0 Å². The average molecular weight is 324 g/mol. The van der Waals surface area contributed by atoms with E-state index in [4.69, 9.17) is 18.8 Å². The molecule has 0 N–H and O–H groups in total. The van der Waals surface area contributed by atoms with E-state index in [0.717, 1.165) is 32.3 Å². The summed E-state index contributed by atoms with van der Waals surface area (Å²) in [6.45, 7) is 12.8. The summed E-state index contributed by atoms with van der Waals surface area (Å²) < 4.78 is 23.7. The van der Waals surface area contributed by atoms with Gasteiger partial charge in [0.25, 0.3) is 0 Å². The van der Waals surface area contributed by atoms with Gasteiger partial charge in [0.15, 0.2) is 0 Å². The second-order valence-corrected chi connectivity index (χ2v) is 7.60. The lowest BCUT2D eigenvalue weighted by Crippen LogP contribution is -2.41. The average Bonchev–Trinajstić information content (AvgIpc) is 2.72. The quantitative estimate of drug-likeness (QED) is 0.501. The lowest BCUT2D eigenvalue weighted by Gasteiger charge is -2.32. The molecular weight excluding hydrogens is 291 g/mol. The summed E-state index contributed by atoms with van der Waals surface area (Å²) in [5, 5.41) is 0. The molecule has 2 rings (SSSR count). The zero-order chi connectivity index (χ0) is 16.9. The van der Waals surface area contributed by atoms with Crippen molar-refractivity contribution in [1.29, 1.82) is 0 Å². The Morgan fingerprint density at radius 1 is 1.13 bits per heavy atom. The van der Waals surface area contributed by atoms with Crippen LogP contribution in [0.1, 0.15) is 66.7 Å². The lowest BCUT2D eigenvalue weighted by atomic mass is 9.72. The summed E-state index contributed by atoms with van der Waals surface area (Å²) >= 11 is 0. The van der Waals surface area contributed by atoms with Crippen molar-refractivity contribution in [2.24, 2.45) is 0 Å². The van der Waals surface area contributed by atoms with Crippen LogP contribution in [-0.2, 0) is 18.8 Å². The van der Waals surface area contributed by atoms with Crippen LogP contribution >= 0.6 is 0 Å². The molecule has 1 fully saturated rings. The van der Waals surface area contributed by atoms with Crippen molar-refractivity contribution in [2.75, 3.05) is 19.8 Å². The molecule has 23 heavy (non-hydrogen) atoms. The van der Waals surface area contributed by atoms with Gasteiger partial charge < -0.3 is 18.8 Å². The van der Waals surface area contributed by atoms with Gasteiger partial charge >= 0.3 is 7.12 Å². The van der Waals surface area contributed by atoms with Crippen LogP contribution in [-0.4, -0.2) is 44.2 Å². The first-order chi connectivity index (χ1) is 10.9. The molecule has 1 saturated heterocycles. The third-order valence-electron chi connectivity index (χ3n) is 5.18. The van der Waals surface area contributed by atoms with Crippen molar-refractivity contribution in [3.63, 3.8) is 0 Å². The second kappa shape index (κ2) is 8.15.